The molecular formula is C14H8F6O. The number of hydrogen-bond donors (Lipinski definition) is 0. The van der Waals surface area contributed by atoms with Crippen LogP contribution < -0.4 is 4.74 Å². The predicted molar refractivity (Wildman–Crippen MR) is 63.2 cm³/mol. The molecule has 0 atom stereocenters. The lowest BCUT2D eigenvalue weighted by Crippen LogP contribution is -2.17. The molecule has 0 aliphatic heterocycles. The largest absolute Gasteiger partial charge is 0.573 e. The molecule has 0 saturated heterocycles. The Morgan fingerprint density at radius 3 is 2.14 bits per heavy atom. The van der Waals surface area contributed by atoms with Gasteiger partial charge in [0.25, 0.3) is 0 Å². The van der Waals surface area contributed by atoms with Crippen LogP contribution in [0.4, 0.5) is 26.3 Å². The third-order valence-electron chi connectivity index (χ3n) is 2.74. The van der Waals surface area contributed by atoms with Gasteiger partial charge < -0.3 is 4.74 Å². The highest BCUT2D eigenvalue weighted by atomic mass is 19.4. The molecule has 21 heavy (non-hydrogen) atoms. The molecule has 0 aliphatic rings. The summed E-state index contributed by atoms with van der Waals surface area (Å²) in [6.07, 6.45) is -5.04. The van der Waals surface area contributed by atoms with Crippen molar-refractivity contribution in [2.45, 2.75) is 13.3 Å². The van der Waals surface area contributed by atoms with E-state index in [2.05, 4.69) is 4.74 Å². The highest BCUT2D eigenvalue weighted by Gasteiger charge is 2.32. The third-order valence-corrected chi connectivity index (χ3v) is 2.74. The zero-order chi connectivity index (χ0) is 15.8. The van der Waals surface area contributed by atoms with Crippen molar-refractivity contribution >= 4 is 0 Å². The second-order valence-electron chi connectivity index (χ2n) is 4.25. The van der Waals surface area contributed by atoms with E-state index in [1.165, 1.54) is 19.1 Å². The lowest BCUT2D eigenvalue weighted by atomic mass is 10.0. The predicted octanol–water partition coefficient (Wildman–Crippen LogP) is 4.98. The van der Waals surface area contributed by atoms with Crippen molar-refractivity contribution in [2.75, 3.05) is 0 Å². The summed E-state index contributed by atoms with van der Waals surface area (Å²) < 4.78 is 80.2. The van der Waals surface area contributed by atoms with Crippen LogP contribution >= 0.6 is 0 Å². The number of alkyl halides is 3. The molecule has 0 aliphatic carbocycles. The van der Waals surface area contributed by atoms with Gasteiger partial charge in [0, 0.05) is 5.56 Å². The Kier molecular flexibility index (Phi) is 3.85. The molecule has 0 unspecified atom stereocenters. The normalized spacial score (nSPS) is 11.6. The van der Waals surface area contributed by atoms with Crippen LogP contribution in [0.25, 0.3) is 11.1 Å². The van der Waals surface area contributed by atoms with Crippen molar-refractivity contribution in [1.29, 1.82) is 0 Å². The second-order valence-corrected chi connectivity index (χ2v) is 4.25. The highest BCUT2D eigenvalue weighted by Crippen LogP contribution is 2.31. The first-order valence-electron chi connectivity index (χ1n) is 5.69. The summed E-state index contributed by atoms with van der Waals surface area (Å²) in [6, 6.07) is 4.86. The van der Waals surface area contributed by atoms with Crippen molar-refractivity contribution < 1.29 is 31.1 Å². The molecule has 0 N–H and O–H groups in total. The van der Waals surface area contributed by atoms with Crippen LogP contribution in [-0.2, 0) is 0 Å². The van der Waals surface area contributed by atoms with Crippen molar-refractivity contribution in [3.05, 3.63) is 53.3 Å². The Balaban J connectivity index is 2.44. The molecule has 2 rings (SSSR count). The molecule has 0 spiro atoms. The Bertz CT molecular complexity index is 678. The van der Waals surface area contributed by atoms with Gasteiger partial charge >= 0.3 is 6.36 Å². The number of benzene rings is 2. The fourth-order valence-electron chi connectivity index (χ4n) is 1.74. The minimum atomic E-state index is -5.04. The van der Waals surface area contributed by atoms with E-state index in [1.54, 1.807) is 0 Å². The molecule has 0 fully saturated rings. The van der Waals surface area contributed by atoms with Crippen LogP contribution in [0.5, 0.6) is 5.75 Å². The van der Waals surface area contributed by atoms with Crippen LogP contribution in [0.2, 0.25) is 0 Å². The van der Waals surface area contributed by atoms with E-state index in [0.717, 1.165) is 6.07 Å². The van der Waals surface area contributed by atoms with Crippen molar-refractivity contribution in [2.24, 2.45) is 0 Å². The lowest BCUT2D eigenvalue weighted by molar-refractivity contribution is -0.275. The van der Waals surface area contributed by atoms with E-state index < -0.39 is 29.6 Å². The highest BCUT2D eigenvalue weighted by molar-refractivity contribution is 5.65. The average molecular weight is 306 g/mol. The summed E-state index contributed by atoms with van der Waals surface area (Å²) >= 11 is 0. The van der Waals surface area contributed by atoms with E-state index in [1.807, 2.05) is 0 Å². The average Bonchev–Trinajstić information content (AvgIpc) is 2.37. The summed E-state index contributed by atoms with van der Waals surface area (Å²) in [5.74, 6) is -4.66. The number of ether oxygens (including phenoxy) is 1. The molecule has 2 aromatic carbocycles. The van der Waals surface area contributed by atoms with E-state index in [9.17, 15) is 26.3 Å². The van der Waals surface area contributed by atoms with Crippen molar-refractivity contribution in [1.82, 2.24) is 0 Å². The first kappa shape index (κ1) is 15.2. The molecular weight excluding hydrogens is 298 g/mol. The van der Waals surface area contributed by atoms with Crippen LogP contribution in [-0.4, -0.2) is 6.36 Å². The Morgan fingerprint density at radius 2 is 1.57 bits per heavy atom. The van der Waals surface area contributed by atoms with Gasteiger partial charge in [-0.1, -0.05) is 18.2 Å². The zero-order valence-electron chi connectivity index (χ0n) is 10.6. The van der Waals surface area contributed by atoms with Crippen LogP contribution in [0.15, 0.2) is 30.3 Å². The molecule has 0 heterocycles. The van der Waals surface area contributed by atoms with Gasteiger partial charge in [-0.05, 0) is 30.2 Å². The van der Waals surface area contributed by atoms with E-state index in [0.29, 0.717) is 12.1 Å². The van der Waals surface area contributed by atoms with Gasteiger partial charge in [0.05, 0.1) is 0 Å². The number of rotatable bonds is 2. The maximum Gasteiger partial charge on any atom is 0.573 e. The summed E-state index contributed by atoms with van der Waals surface area (Å²) in [6.45, 7) is 1.35. The zero-order valence-corrected chi connectivity index (χ0v) is 10.6. The maximum absolute atomic E-state index is 13.7. The maximum atomic E-state index is 13.7. The molecule has 0 aromatic heterocycles. The van der Waals surface area contributed by atoms with Crippen LogP contribution in [0.1, 0.15) is 5.56 Å². The number of aryl methyl sites for hydroxylation is 1. The molecule has 0 amide bonds. The molecule has 0 saturated carbocycles. The van der Waals surface area contributed by atoms with Gasteiger partial charge in [-0.25, -0.2) is 13.2 Å². The summed E-state index contributed by atoms with van der Waals surface area (Å²) in [5.41, 5.74) is -0.289. The molecule has 112 valence electrons. The van der Waals surface area contributed by atoms with Gasteiger partial charge in [-0.3, -0.25) is 0 Å². The monoisotopic (exact) mass is 306 g/mol. The summed E-state index contributed by atoms with van der Waals surface area (Å²) in [5, 5.41) is 0. The van der Waals surface area contributed by atoms with Crippen LogP contribution in [0, 0.1) is 24.4 Å². The minimum absolute atomic E-state index is 0.0637. The van der Waals surface area contributed by atoms with Gasteiger partial charge in [0.15, 0.2) is 23.2 Å². The molecule has 2 aromatic rings. The SMILES string of the molecule is Cc1ccc(-c2ccc(OC(F)(F)F)c(F)c2)c(F)c1F. The van der Waals surface area contributed by atoms with E-state index >= 15 is 0 Å². The second kappa shape index (κ2) is 5.31. The van der Waals surface area contributed by atoms with E-state index in [4.69, 9.17) is 0 Å². The first-order valence-corrected chi connectivity index (χ1v) is 5.69. The van der Waals surface area contributed by atoms with Gasteiger partial charge in [0.1, 0.15) is 0 Å². The van der Waals surface area contributed by atoms with Crippen LogP contribution in [0.3, 0.4) is 0 Å². The minimum Gasteiger partial charge on any atom is -0.403 e. The van der Waals surface area contributed by atoms with Gasteiger partial charge in [-0.15, -0.1) is 13.2 Å². The molecule has 1 nitrogen and oxygen atoms in total. The fraction of sp³-hybridized carbons (Fsp3) is 0.143. The summed E-state index contributed by atoms with van der Waals surface area (Å²) in [7, 11) is 0. The standard InChI is InChI=1S/C14H8F6O/c1-7-2-4-9(13(17)12(7)16)8-3-5-11(10(15)6-8)21-14(18,19)20/h2-6H,1H3. The molecule has 7 heteroatoms. The summed E-state index contributed by atoms with van der Waals surface area (Å²) in [4.78, 5) is 0. The van der Waals surface area contributed by atoms with Gasteiger partial charge in [0.2, 0.25) is 0 Å². The smallest absolute Gasteiger partial charge is 0.403 e. The quantitative estimate of drug-likeness (QED) is 0.711. The molecule has 0 bridgehead atoms. The number of halogens is 6. The Morgan fingerprint density at radius 1 is 0.905 bits per heavy atom. The lowest BCUT2D eigenvalue weighted by Gasteiger charge is -2.11. The topological polar surface area (TPSA) is 9.23 Å². The van der Waals surface area contributed by atoms with E-state index in [-0.39, 0.29) is 16.7 Å². The first-order chi connectivity index (χ1) is 9.69. The Hall–Kier alpha value is -2.18. The third kappa shape index (κ3) is 3.29. The molecule has 0 radical (unpaired) electrons. The fourth-order valence-corrected chi connectivity index (χ4v) is 1.74. The van der Waals surface area contributed by atoms with Crippen molar-refractivity contribution in [3.8, 4) is 16.9 Å². The Labute approximate surface area is 115 Å². The van der Waals surface area contributed by atoms with Gasteiger partial charge in [-0.2, -0.15) is 0 Å². The number of hydrogen-bond acceptors (Lipinski definition) is 1. The van der Waals surface area contributed by atoms with Crippen molar-refractivity contribution in [3.63, 3.8) is 0 Å².